The number of carbonyl (C=O) groups is 2. The van der Waals surface area contributed by atoms with Crippen LogP contribution >= 0.6 is 0 Å². The van der Waals surface area contributed by atoms with Gasteiger partial charge in [0.2, 0.25) is 5.91 Å². The lowest BCUT2D eigenvalue weighted by atomic mass is 10.1. The first-order valence-electron chi connectivity index (χ1n) is 8.23. The van der Waals surface area contributed by atoms with Gasteiger partial charge in [0.25, 0.3) is 0 Å². The maximum atomic E-state index is 12.6. The molecule has 0 aliphatic carbocycles. The summed E-state index contributed by atoms with van der Waals surface area (Å²) in [5.41, 5.74) is 2.28. The third-order valence-corrected chi connectivity index (χ3v) is 3.96. The zero-order chi connectivity index (χ0) is 18.1. The molecule has 0 saturated heterocycles. The van der Waals surface area contributed by atoms with Crippen LogP contribution in [0.3, 0.4) is 0 Å². The van der Waals surface area contributed by atoms with Crippen LogP contribution in [0.15, 0.2) is 54.6 Å². The molecule has 0 saturated carbocycles. The Kier molecular flexibility index (Phi) is 7.16. The smallest absolute Gasteiger partial charge is 0.335 e. The molecule has 132 valence electrons. The number of amides is 1. The second kappa shape index (κ2) is 9.59. The van der Waals surface area contributed by atoms with Crippen LogP contribution in [-0.4, -0.2) is 42.1 Å². The van der Waals surface area contributed by atoms with Crippen molar-refractivity contribution in [2.24, 2.45) is 0 Å². The molecule has 0 aliphatic heterocycles. The molecule has 0 radical (unpaired) electrons. The zero-order valence-electron chi connectivity index (χ0n) is 14.4. The Labute approximate surface area is 147 Å². The molecule has 1 N–H and O–H groups in total. The highest BCUT2D eigenvalue weighted by atomic mass is 16.5. The lowest BCUT2D eigenvalue weighted by Gasteiger charge is -2.22. The van der Waals surface area contributed by atoms with Gasteiger partial charge in [-0.05, 0) is 29.7 Å². The quantitative estimate of drug-likeness (QED) is 0.761. The first-order chi connectivity index (χ1) is 12.1. The number of aromatic carboxylic acids is 1. The van der Waals surface area contributed by atoms with Crippen LogP contribution in [0, 0.1) is 0 Å². The Balaban J connectivity index is 1.95. The van der Waals surface area contributed by atoms with Crippen molar-refractivity contribution in [1.82, 2.24) is 4.90 Å². The van der Waals surface area contributed by atoms with Gasteiger partial charge in [0.15, 0.2) is 0 Å². The Morgan fingerprint density at radius 3 is 2.28 bits per heavy atom. The van der Waals surface area contributed by atoms with Crippen molar-refractivity contribution >= 4 is 11.9 Å². The number of benzene rings is 2. The topological polar surface area (TPSA) is 66.8 Å². The van der Waals surface area contributed by atoms with Crippen molar-refractivity contribution in [2.45, 2.75) is 19.4 Å². The second-order valence-corrected chi connectivity index (χ2v) is 5.80. The molecule has 5 heteroatoms. The molecule has 0 fully saturated rings. The number of ether oxygens (including phenoxy) is 1. The molecule has 25 heavy (non-hydrogen) atoms. The SMILES string of the molecule is COCCN(Cc1ccccc1)C(=O)CCc1ccc(C(=O)O)cc1. The average molecular weight is 341 g/mol. The summed E-state index contributed by atoms with van der Waals surface area (Å²) >= 11 is 0. The summed E-state index contributed by atoms with van der Waals surface area (Å²) in [4.78, 5) is 25.2. The fourth-order valence-corrected chi connectivity index (χ4v) is 2.52. The second-order valence-electron chi connectivity index (χ2n) is 5.80. The molecule has 0 aromatic heterocycles. The first kappa shape index (κ1) is 18.7. The number of aryl methyl sites for hydroxylation is 1. The van der Waals surface area contributed by atoms with E-state index in [2.05, 4.69) is 0 Å². The maximum Gasteiger partial charge on any atom is 0.335 e. The monoisotopic (exact) mass is 341 g/mol. The summed E-state index contributed by atoms with van der Waals surface area (Å²) in [6.45, 7) is 1.59. The van der Waals surface area contributed by atoms with E-state index in [4.69, 9.17) is 9.84 Å². The number of carboxylic acids is 1. The molecule has 2 aromatic rings. The summed E-state index contributed by atoms with van der Waals surface area (Å²) in [6, 6.07) is 16.5. The highest BCUT2D eigenvalue weighted by Crippen LogP contribution is 2.10. The van der Waals surface area contributed by atoms with Crippen LogP contribution in [-0.2, 0) is 22.5 Å². The van der Waals surface area contributed by atoms with Crippen molar-refractivity contribution in [3.05, 3.63) is 71.3 Å². The molecule has 1 amide bonds. The van der Waals surface area contributed by atoms with Crippen LogP contribution in [0.25, 0.3) is 0 Å². The van der Waals surface area contributed by atoms with Gasteiger partial charge in [0.05, 0.1) is 12.2 Å². The maximum absolute atomic E-state index is 12.6. The minimum absolute atomic E-state index is 0.0585. The molecule has 0 spiro atoms. The van der Waals surface area contributed by atoms with Crippen LogP contribution < -0.4 is 0 Å². The molecule has 2 aromatic carbocycles. The lowest BCUT2D eigenvalue weighted by Crippen LogP contribution is -2.33. The summed E-state index contributed by atoms with van der Waals surface area (Å²) in [5.74, 6) is -0.889. The Hall–Kier alpha value is -2.66. The zero-order valence-corrected chi connectivity index (χ0v) is 14.4. The van der Waals surface area contributed by atoms with Gasteiger partial charge in [0, 0.05) is 26.6 Å². The van der Waals surface area contributed by atoms with E-state index >= 15 is 0 Å². The van der Waals surface area contributed by atoms with Gasteiger partial charge >= 0.3 is 5.97 Å². The van der Waals surface area contributed by atoms with Gasteiger partial charge < -0.3 is 14.7 Å². The summed E-state index contributed by atoms with van der Waals surface area (Å²) in [7, 11) is 1.62. The average Bonchev–Trinajstić information content (AvgIpc) is 2.64. The molecule has 0 heterocycles. The van der Waals surface area contributed by atoms with E-state index in [-0.39, 0.29) is 11.5 Å². The third-order valence-electron chi connectivity index (χ3n) is 3.96. The van der Waals surface area contributed by atoms with Gasteiger partial charge in [0.1, 0.15) is 0 Å². The van der Waals surface area contributed by atoms with E-state index in [0.717, 1.165) is 11.1 Å². The van der Waals surface area contributed by atoms with Crippen molar-refractivity contribution in [2.75, 3.05) is 20.3 Å². The minimum Gasteiger partial charge on any atom is -0.478 e. The molecular formula is C20H23NO4. The van der Waals surface area contributed by atoms with Gasteiger partial charge in [-0.15, -0.1) is 0 Å². The molecule has 0 unspecified atom stereocenters. The third kappa shape index (κ3) is 6.04. The highest BCUT2D eigenvalue weighted by molar-refractivity contribution is 5.87. The van der Waals surface area contributed by atoms with Gasteiger partial charge in [-0.1, -0.05) is 42.5 Å². The largest absolute Gasteiger partial charge is 0.478 e. The molecule has 2 rings (SSSR count). The first-order valence-corrected chi connectivity index (χ1v) is 8.23. The predicted molar refractivity (Wildman–Crippen MR) is 95.5 cm³/mol. The standard InChI is InChI=1S/C20H23NO4/c1-25-14-13-21(15-17-5-3-2-4-6-17)19(22)12-9-16-7-10-18(11-8-16)20(23)24/h2-8,10-11H,9,12-15H2,1H3,(H,23,24). The Morgan fingerprint density at radius 2 is 1.68 bits per heavy atom. The number of carbonyl (C=O) groups excluding carboxylic acids is 1. The summed E-state index contributed by atoms with van der Waals surface area (Å²) < 4.78 is 5.11. The number of hydrogen-bond acceptors (Lipinski definition) is 3. The Bertz CT molecular complexity index is 683. The van der Waals surface area contributed by atoms with E-state index in [9.17, 15) is 9.59 Å². The van der Waals surface area contributed by atoms with Crippen molar-refractivity contribution in [3.63, 3.8) is 0 Å². The van der Waals surface area contributed by atoms with E-state index in [1.807, 2.05) is 30.3 Å². The summed E-state index contributed by atoms with van der Waals surface area (Å²) in [6.07, 6.45) is 0.958. The van der Waals surface area contributed by atoms with Crippen LogP contribution in [0.1, 0.15) is 27.9 Å². The molecule has 0 atom stereocenters. The van der Waals surface area contributed by atoms with E-state index in [0.29, 0.717) is 32.5 Å². The number of methoxy groups -OCH3 is 1. The highest BCUT2D eigenvalue weighted by Gasteiger charge is 2.14. The van der Waals surface area contributed by atoms with Gasteiger partial charge in [-0.3, -0.25) is 4.79 Å². The van der Waals surface area contributed by atoms with Crippen LogP contribution in [0.2, 0.25) is 0 Å². The van der Waals surface area contributed by atoms with E-state index < -0.39 is 5.97 Å². The predicted octanol–water partition coefficient (Wildman–Crippen LogP) is 2.99. The Morgan fingerprint density at radius 1 is 1.00 bits per heavy atom. The number of rotatable bonds is 9. The number of carboxylic acid groups (broad SMARTS) is 1. The summed E-state index contributed by atoms with van der Waals surface area (Å²) in [5, 5.41) is 8.92. The van der Waals surface area contributed by atoms with Crippen LogP contribution in [0.5, 0.6) is 0 Å². The number of nitrogens with zero attached hydrogens (tertiary/aromatic N) is 1. The molecular weight excluding hydrogens is 318 g/mol. The molecule has 0 bridgehead atoms. The normalized spacial score (nSPS) is 10.4. The van der Waals surface area contributed by atoms with Crippen molar-refractivity contribution in [3.8, 4) is 0 Å². The van der Waals surface area contributed by atoms with E-state index in [1.165, 1.54) is 0 Å². The van der Waals surface area contributed by atoms with Crippen LogP contribution in [0.4, 0.5) is 0 Å². The fraction of sp³-hybridized carbons (Fsp3) is 0.300. The van der Waals surface area contributed by atoms with Gasteiger partial charge in [-0.25, -0.2) is 4.79 Å². The number of hydrogen-bond donors (Lipinski definition) is 1. The molecule has 5 nitrogen and oxygen atoms in total. The van der Waals surface area contributed by atoms with E-state index in [1.54, 1.807) is 36.3 Å². The van der Waals surface area contributed by atoms with Gasteiger partial charge in [-0.2, -0.15) is 0 Å². The lowest BCUT2D eigenvalue weighted by molar-refractivity contribution is -0.132. The molecule has 0 aliphatic rings. The van der Waals surface area contributed by atoms with Crippen molar-refractivity contribution in [1.29, 1.82) is 0 Å². The van der Waals surface area contributed by atoms with Crippen molar-refractivity contribution < 1.29 is 19.4 Å². The minimum atomic E-state index is -0.948. The fourth-order valence-electron chi connectivity index (χ4n) is 2.52.